The average molecular weight is 402 g/mol. The Bertz CT molecular complexity index is 1020. The van der Waals surface area contributed by atoms with Crippen LogP contribution in [-0.2, 0) is 4.74 Å². The molecule has 6 heteroatoms. The first kappa shape index (κ1) is 20.0. The Morgan fingerprint density at radius 2 is 1.80 bits per heavy atom. The van der Waals surface area contributed by atoms with Crippen molar-refractivity contribution >= 4 is 11.7 Å². The Morgan fingerprint density at radius 3 is 2.57 bits per heavy atom. The Morgan fingerprint density at radius 1 is 1.03 bits per heavy atom. The van der Waals surface area contributed by atoms with Crippen molar-refractivity contribution in [1.29, 1.82) is 0 Å². The molecule has 3 heterocycles. The fourth-order valence-electron chi connectivity index (χ4n) is 3.71. The van der Waals surface area contributed by atoms with Crippen molar-refractivity contribution in [3.05, 3.63) is 88.9 Å². The van der Waals surface area contributed by atoms with Gasteiger partial charge in [-0.2, -0.15) is 0 Å². The summed E-state index contributed by atoms with van der Waals surface area (Å²) < 4.78 is 5.42. The fraction of sp³-hybridized carbons (Fsp3) is 0.292. The molecule has 1 N–H and O–H groups in total. The second-order valence-electron chi connectivity index (χ2n) is 7.55. The summed E-state index contributed by atoms with van der Waals surface area (Å²) in [6.45, 7) is 7.04. The monoisotopic (exact) mass is 402 g/mol. The lowest BCUT2D eigenvalue weighted by atomic mass is 9.94. The summed E-state index contributed by atoms with van der Waals surface area (Å²) in [6, 6.07) is 13.5. The molecule has 0 unspecified atom stereocenters. The molecule has 0 aliphatic carbocycles. The number of anilines is 1. The fourth-order valence-corrected chi connectivity index (χ4v) is 3.71. The van der Waals surface area contributed by atoms with Gasteiger partial charge in [-0.05, 0) is 54.8 Å². The van der Waals surface area contributed by atoms with E-state index in [1.807, 2.05) is 18.2 Å². The summed E-state index contributed by atoms with van der Waals surface area (Å²) in [7, 11) is 0. The van der Waals surface area contributed by atoms with Crippen molar-refractivity contribution in [3.8, 4) is 0 Å². The molecule has 4 rings (SSSR count). The van der Waals surface area contributed by atoms with Crippen molar-refractivity contribution in [2.75, 3.05) is 31.2 Å². The van der Waals surface area contributed by atoms with E-state index in [2.05, 4.69) is 52.2 Å². The predicted molar refractivity (Wildman–Crippen MR) is 117 cm³/mol. The zero-order valence-corrected chi connectivity index (χ0v) is 17.3. The van der Waals surface area contributed by atoms with Crippen LogP contribution in [0.2, 0.25) is 0 Å². The van der Waals surface area contributed by atoms with Crippen LogP contribution in [0.15, 0.2) is 61.1 Å². The lowest BCUT2D eigenvalue weighted by molar-refractivity contribution is 0.0942. The van der Waals surface area contributed by atoms with Gasteiger partial charge in [-0.1, -0.05) is 23.8 Å². The molecule has 1 aromatic carbocycles. The third kappa shape index (κ3) is 4.49. The Labute approximate surface area is 176 Å². The zero-order valence-electron chi connectivity index (χ0n) is 17.3. The Kier molecular flexibility index (Phi) is 6.05. The maximum Gasteiger partial charge on any atom is 0.252 e. The van der Waals surface area contributed by atoms with E-state index < -0.39 is 0 Å². The molecule has 0 spiro atoms. The van der Waals surface area contributed by atoms with Gasteiger partial charge in [0.1, 0.15) is 5.82 Å². The Hall–Kier alpha value is -3.25. The van der Waals surface area contributed by atoms with Crippen molar-refractivity contribution in [3.63, 3.8) is 0 Å². The molecule has 0 bridgehead atoms. The number of carbonyl (C=O) groups excluding carboxylic acids is 1. The van der Waals surface area contributed by atoms with Crippen LogP contribution in [0, 0.1) is 13.8 Å². The van der Waals surface area contributed by atoms with E-state index in [0.29, 0.717) is 18.8 Å². The number of rotatable bonds is 5. The van der Waals surface area contributed by atoms with E-state index >= 15 is 0 Å². The topological polar surface area (TPSA) is 67.4 Å². The number of hydrogen-bond donors (Lipinski definition) is 1. The quantitative estimate of drug-likeness (QED) is 0.708. The Balaban J connectivity index is 1.63. The number of aromatic nitrogens is 2. The molecule has 1 aliphatic heterocycles. The minimum Gasteiger partial charge on any atom is -0.378 e. The first-order chi connectivity index (χ1) is 14.6. The maximum atomic E-state index is 13.2. The normalized spacial score (nSPS) is 14.9. The number of amides is 1. The number of aryl methyl sites for hydroxylation is 2. The van der Waals surface area contributed by atoms with Gasteiger partial charge < -0.3 is 15.0 Å². The summed E-state index contributed by atoms with van der Waals surface area (Å²) in [4.78, 5) is 24.0. The number of carbonyl (C=O) groups is 1. The van der Waals surface area contributed by atoms with Crippen LogP contribution in [0.3, 0.4) is 0 Å². The minimum absolute atomic E-state index is 0.130. The second kappa shape index (κ2) is 9.05. The molecule has 2 aromatic heterocycles. The largest absolute Gasteiger partial charge is 0.378 e. The van der Waals surface area contributed by atoms with Gasteiger partial charge in [-0.25, -0.2) is 4.98 Å². The molecule has 1 atom stereocenters. The standard InChI is InChI=1S/C24H26N4O2/c1-17-3-4-18(2)21(15-17)23(19-5-8-25-9-6-19)27-24(29)20-7-10-26-22(16-20)28-11-13-30-14-12-28/h3-10,15-16,23H,11-14H2,1-2H3,(H,27,29)/t23-/m0/s1. The van der Waals surface area contributed by atoms with Gasteiger partial charge >= 0.3 is 0 Å². The SMILES string of the molecule is Cc1ccc(C)c([C@@H](NC(=O)c2ccnc(N3CCOCC3)c2)c2ccncc2)c1. The minimum atomic E-state index is -0.264. The maximum absolute atomic E-state index is 13.2. The first-order valence-electron chi connectivity index (χ1n) is 10.2. The van der Waals surface area contributed by atoms with Gasteiger partial charge in [-0.15, -0.1) is 0 Å². The van der Waals surface area contributed by atoms with E-state index in [0.717, 1.165) is 41.2 Å². The van der Waals surface area contributed by atoms with Crippen LogP contribution in [0.5, 0.6) is 0 Å². The molecule has 1 aliphatic rings. The van der Waals surface area contributed by atoms with Gasteiger partial charge in [0, 0.05) is 37.2 Å². The molecule has 0 radical (unpaired) electrons. The van der Waals surface area contributed by atoms with Crippen LogP contribution in [0.25, 0.3) is 0 Å². The smallest absolute Gasteiger partial charge is 0.252 e. The van der Waals surface area contributed by atoms with Gasteiger partial charge in [0.2, 0.25) is 0 Å². The number of nitrogens with zero attached hydrogens (tertiary/aromatic N) is 3. The van der Waals surface area contributed by atoms with Crippen molar-refractivity contribution in [2.24, 2.45) is 0 Å². The molecular weight excluding hydrogens is 376 g/mol. The predicted octanol–water partition coefficient (Wildman–Crippen LogP) is 3.45. The summed E-state index contributed by atoms with van der Waals surface area (Å²) >= 11 is 0. The lowest BCUT2D eigenvalue weighted by Gasteiger charge is -2.28. The third-order valence-electron chi connectivity index (χ3n) is 5.40. The van der Waals surface area contributed by atoms with E-state index in [4.69, 9.17) is 4.74 Å². The number of morpholine rings is 1. The molecule has 1 saturated heterocycles. The van der Waals surface area contributed by atoms with E-state index in [1.165, 1.54) is 0 Å². The highest BCUT2D eigenvalue weighted by Crippen LogP contribution is 2.26. The number of ether oxygens (including phenoxy) is 1. The van der Waals surface area contributed by atoms with Crippen LogP contribution in [0.4, 0.5) is 5.82 Å². The van der Waals surface area contributed by atoms with Crippen molar-refractivity contribution in [1.82, 2.24) is 15.3 Å². The lowest BCUT2D eigenvalue weighted by Crippen LogP contribution is -2.37. The first-order valence-corrected chi connectivity index (χ1v) is 10.2. The highest BCUT2D eigenvalue weighted by atomic mass is 16.5. The molecule has 1 amide bonds. The summed E-state index contributed by atoms with van der Waals surface area (Å²) in [6.07, 6.45) is 5.20. The number of hydrogen-bond acceptors (Lipinski definition) is 5. The van der Waals surface area contributed by atoms with E-state index in [-0.39, 0.29) is 11.9 Å². The van der Waals surface area contributed by atoms with Gasteiger partial charge in [-0.3, -0.25) is 9.78 Å². The molecule has 6 nitrogen and oxygen atoms in total. The average Bonchev–Trinajstić information content (AvgIpc) is 2.80. The van der Waals surface area contributed by atoms with Gasteiger partial charge in [0.05, 0.1) is 19.3 Å². The number of pyridine rings is 2. The summed E-state index contributed by atoms with van der Waals surface area (Å²) in [5, 5.41) is 3.23. The van der Waals surface area contributed by atoms with Crippen LogP contribution in [-0.4, -0.2) is 42.2 Å². The summed E-state index contributed by atoms with van der Waals surface area (Å²) in [5.41, 5.74) is 4.95. The zero-order chi connectivity index (χ0) is 20.9. The molecule has 30 heavy (non-hydrogen) atoms. The van der Waals surface area contributed by atoms with Gasteiger partial charge in [0.25, 0.3) is 5.91 Å². The summed E-state index contributed by atoms with van der Waals surface area (Å²) in [5.74, 6) is 0.674. The van der Waals surface area contributed by atoms with Gasteiger partial charge in [0.15, 0.2) is 0 Å². The second-order valence-corrected chi connectivity index (χ2v) is 7.55. The van der Waals surface area contributed by atoms with Crippen molar-refractivity contribution < 1.29 is 9.53 Å². The van der Waals surface area contributed by atoms with E-state index in [9.17, 15) is 4.79 Å². The highest BCUT2D eigenvalue weighted by molar-refractivity contribution is 5.95. The molecular formula is C24H26N4O2. The number of benzene rings is 1. The van der Waals surface area contributed by atoms with Crippen molar-refractivity contribution in [2.45, 2.75) is 19.9 Å². The molecule has 0 saturated carbocycles. The van der Waals surface area contributed by atoms with Crippen LogP contribution in [0.1, 0.15) is 38.7 Å². The van der Waals surface area contributed by atoms with Crippen LogP contribution >= 0.6 is 0 Å². The molecule has 1 fully saturated rings. The van der Waals surface area contributed by atoms with Crippen LogP contribution < -0.4 is 10.2 Å². The third-order valence-corrected chi connectivity index (χ3v) is 5.40. The molecule has 154 valence electrons. The highest BCUT2D eigenvalue weighted by Gasteiger charge is 2.21. The van der Waals surface area contributed by atoms with E-state index in [1.54, 1.807) is 24.7 Å². The number of nitrogens with one attached hydrogen (secondary N) is 1. The molecule has 3 aromatic rings.